The van der Waals surface area contributed by atoms with Crippen molar-refractivity contribution in [2.75, 3.05) is 13.7 Å². The molecule has 0 N–H and O–H groups in total. The van der Waals surface area contributed by atoms with Crippen molar-refractivity contribution in [1.82, 2.24) is 29.6 Å². The fraction of sp³-hybridized carbons (Fsp3) is 0.417. The van der Waals surface area contributed by atoms with Gasteiger partial charge in [-0.1, -0.05) is 19.1 Å². The first-order valence-electron chi connectivity index (χ1n) is 11.0. The Balaban J connectivity index is 1.57. The van der Waals surface area contributed by atoms with Gasteiger partial charge in [-0.3, -0.25) is 0 Å². The van der Waals surface area contributed by atoms with Crippen molar-refractivity contribution < 1.29 is 9.47 Å². The maximum absolute atomic E-state index is 12.4. The van der Waals surface area contributed by atoms with Gasteiger partial charge in [0.15, 0.2) is 0 Å². The van der Waals surface area contributed by atoms with Crippen LogP contribution in [0.2, 0.25) is 0 Å². The van der Waals surface area contributed by atoms with Crippen LogP contribution < -0.4 is 10.4 Å². The van der Waals surface area contributed by atoms with Gasteiger partial charge in [-0.15, -0.1) is 0 Å². The molecular formula is C24H30N6O3. The van der Waals surface area contributed by atoms with Crippen LogP contribution in [0.5, 0.6) is 5.75 Å². The third-order valence-electron chi connectivity index (χ3n) is 6.20. The summed E-state index contributed by atoms with van der Waals surface area (Å²) in [6.07, 6.45) is 6.37. The lowest BCUT2D eigenvalue weighted by molar-refractivity contribution is 0.0841. The predicted molar refractivity (Wildman–Crippen MR) is 126 cm³/mol. The van der Waals surface area contributed by atoms with E-state index >= 15 is 0 Å². The largest absolute Gasteiger partial charge is 0.493 e. The molecule has 9 heteroatoms. The Labute approximate surface area is 192 Å². The summed E-state index contributed by atoms with van der Waals surface area (Å²) in [5.74, 6) is 0.544. The smallest absolute Gasteiger partial charge is 0.367 e. The summed E-state index contributed by atoms with van der Waals surface area (Å²) in [5, 5.41) is 12.5. The van der Waals surface area contributed by atoms with E-state index in [-0.39, 0.29) is 17.7 Å². The molecule has 0 aliphatic heterocycles. The second kappa shape index (κ2) is 9.19. The van der Waals surface area contributed by atoms with Crippen molar-refractivity contribution in [3.63, 3.8) is 0 Å². The van der Waals surface area contributed by atoms with Crippen LogP contribution in [0.4, 0.5) is 0 Å². The molecule has 2 atom stereocenters. The molecule has 2 aromatic heterocycles. The molecule has 174 valence electrons. The Kier molecular flexibility index (Phi) is 6.33. The van der Waals surface area contributed by atoms with Crippen LogP contribution in [0.1, 0.15) is 29.4 Å². The molecule has 0 bridgehead atoms. The van der Waals surface area contributed by atoms with E-state index in [4.69, 9.17) is 14.6 Å². The SMILES string of the molecule is CCc1c(C)nn(-c2ccc(OCC3C(n4nnn(C)c4=O)=CC=CC3OC)c(C)c2)c1C. The number of hydrogen-bond donors (Lipinski definition) is 0. The Morgan fingerprint density at radius 1 is 1.12 bits per heavy atom. The van der Waals surface area contributed by atoms with Gasteiger partial charge in [0, 0.05) is 19.9 Å². The molecule has 0 saturated carbocycles. The van der Waals surface area contributed by atoms with Gasteiger partial charge in [0.1, 0.15) is 5.75 Å². The molecule has 4 rings (SSSR count). The quantitative estimate of drug-likeness (QED) is 0.550. The summed E-state index contributed by atoms with van der Waals surface area (Å²) in [4.78, 5) is 12.4. The van der Waals surface area contributed by atoms with Crippen molar-refractivity contribution in [1.29, 1.82) is 0 Å². The van der Waals surface area contributed by atoms with E-state index in [9.17, 15) is 4.79 Å². The standard InChI is InChI=1S/C24H30N6O3/c1-7-19-16(3)25-29(17(19)4)18-11-12-22(15(2)13-18)33-14-20-21(9-8-10-23(20)32-6)30-24(31)28(5)26-27-30/h8-13,20,23H,7,14H2,1-6H3. The number of rotatable bonds is 7. The number of aromatic nitrogens is 6. The van der Waals surface area contributed by atoms with Crippen molar-refractivity contribution in [3.8, 4) is 11.4 Å². The zero-order valence-electron chi connectivity index (χ0n) is 19.9. The van der Waals surface area contributed by atoms with Gasteiger partial charge in [-0.05, 0) is 73.0 Å². The molecule has 33 heavy (non-hydrogen) atoms. The minimum atomic E-state index is -0.312. The van der Waals surface area contributed by atoms with E-state index in [0.717, 1.165) is 34.8 Å². The fourth-order valence-corrected chi connectivity index (χ4v) is 4.36. The van der Waals surface area contributed by atoms with Gasteiger partial charge < -0.3 is 9.47 Å². The first kappa shape index (κ1) is 22.7. The number of methoxy groups -OCH3 is 1. The Hall–Kier alpha value is -3.46. The Morgan fingerprint density at radius 2 is 1.91 bits per heavy atom. The van der Waals surface area contributed by atoms with Gasteiger partial charge in [0.2, 0.25) is 0 Å². The highest BCUT2D eigenvalue weighted by atomic mass is 16.5. The third-order valence-corrected chi connectivity index (χ3v) is 6.20. The van der Waals surface area contributed by atoms with Gasteiger partial charge in [-0.2, -0.15) is 14.5 Å². The van der Waals surface area contributed by atoms with E-state index in [1.54, 1.807) is 14.2 Å². The van der Waals surface area contributed by atoms with E-state index in [1.807, 2.05) is 48.9 Å². The van der Waals surface area contributed by atoms with Crippen LogP contribution in [0.15, 0.2) is 41.2 Å². The molecule has 0 fully saturated rings. The molecular weight excluding hydrogens is 420 g/mol. The number of nitrogens with zero attached hydrogens (tertiary/aromatic N) is 6. The molecule has 2 unspecified atom stereocenters. The summed E-state index contributed by atoms with van der Waals surface area (Å²) < 4.78 is 16.4. The van der Waals surface area contributed by atoms with Gasteiger partial charge in [0.05, 0.1) is 35.7 Å². The molecule has 0 spiro atoms. The highest BCUT2D eigenvalue weighted by Crippen LogP contribution is 2.29. The zero-order valence-corrected chi connectivity index (χ0v) is 19.9. The third kappa shape index (κ3) is 4.16. The monoisotopic (exact) mass is 450 g/mol. The van der Waals surface area contributed by atoms with Crippen molar-refractivity contribution in [2.45, 2.75) is 40.2 Å². The molecule has 1 aliphatic rings. The molecule has 0 radical (unpaired) electrons. The van der Waals surface area contributed by atoms with E-state index in [2.05, 4.69) is 30.3 Å². The van der Waals surface area contributed by atoms with E-state index < -0.39 is 0 Å². The summed E-state index contributed by atoms with van der Waals surface area (Å²) >= 11 is 0. The van der Waals surface area contributed by atoms with Crippen LogP contribution in [-0.2, 0) is 18.2 Å². The van der Waals surface area contributed by atoms with Gasteiger partial charge >= 0.3 is 5.69 Å². The topological polar surface area (TPSA) is 89.0 Å². The number of benzene rings is 1. The fourth-order valence-electron chi connectivity index (χ4n) is 4.36. The minimum Gasteiger partial charge on any atom is -0.493 e. The summed E-state index contributed by atoms with van der Waals surface area (Å²) in [6.45, 7) is 8.63. The number of allylic oxidation sites excluding steroid dienone is 2. The lowest BCUT2D eigenvalue weighted by Crippen LogP contribution is -2.35. The van der Waals surface area contributed by atoms with Crippen LogP contribution >= 0.6 is 0 Å². The predicted octanol–water partition coefficient (Wildman–Crippen LogP) is 2.77. The number of aryl methyl sites for hydroxylation is 3. The lowest BCUT2D eigenvalue weighted by Gasteiger charge is -2.28. The molecule has 0 saturated heterocycles. The molecule has 2 heterocycles. The number of hydrogen-bond acceptors (Lipinski definition) is 6. The van der Waals surface area contributed by atoms with Crippen LogP contribution in [-0.4, -0.2) is 49.4 Å². The first-order valence-corrected chi connectivity index (χ1v) is 11.0. The minimum absolute atomic E-state index is 0.225. The molecule has 1 aliphatic carbocycles. The van der Waals surface area contributed by atoms with E-state index in [1.165, 1.54) is 14.9 Å². The Morgan fingerprint density at radius 3 is 2.52 bits per heavy atom. The second-order valence-electron chi connectivity index (χ2n) is 8.26. The lowest BCUT2D eigenvalue weighted by atomic mass is 9.94. The highest BCUT2D eigenvalue weighted by molar-refractivity contribution is 5.54. The second-order valence-corrected chi connectivity index (χ2v) is 8.26. The Bertz CT molecular complexity index is 1280. The van der Waals surface area contributed by atoms with Crippen LogP contribution in [0, 0.1) is 26.7 Å². The van der Waals surface area contributed by atoms with Crippen molar-refractivity contribution >= 4 is 5.70 Å². The normalized spacial score (nSPS) is 17.9. The van der Waals surface area contributed by atoms with E-state index in [0.29, 0.717) is 12.3 Å². The zero-order chi connectivity index (χ0) is 23.7. The molecule has 9 nitrogen and oxygen atoms in total. The number of tetrazole rings is 1. The van der Waals surface area contributed by atoms with Gasteiger partial charge in [-0.25, -0.2) is 9.48 Å². The summed E-state index contributed by atoms with van der Waals surface area (Å²) in [7, 11) is 3.21. The highest BCUT2D eigenvalue weighted by Gasteiger charge is 2.30. The van der Waals surface area contributed by atoms with Crippen LogP contribution in [0.25, 0.3) is 11.4 Å². The summed E-state index contributed by atoms with van der Waals surface area (Å²) in [6, 6.07) is 6.05. The summed E-state index contributed by atoms with van der Waals surface area (Å²) in [5.41, 5.74) is 5.87. The maximum Gasteiger partial charge on any atom is 0.367 e. The average Bonchev–Trinajstić information content (AvgIpc) is 3.29. The van der Waals surface area contributed by atoms with Gasteiger partial charge in [0.25, 0.3) is 0 Å². The number of ether oxygens (including phenoxy) is 2. The van der Waals surface area contributed by atoms with Crippen LogP contribution in [0.3, 0.4) is 0 Å². The maximum atomic E-state index is 12.4. The molecule has 0 amide bonds. The van der Waals surface area contributed by atoms with Crippen molar-refractivity contribution in [2.24, 2.45) is 13.0 Å². The molecule has 3 aromatic rings. The molecule has 1 aromatic carbocycles. The first-order chi connectivity index (χ1) is 15.8. The van der Waals surface area contributed by atoms with Crippen molar-refractivity contribution in [3.05, 3.63) is 69.4 Å². The average molecular weight is 451 g/mol.